The van der Waals surface area contributed by atoms with E-state index in [2.05, 4.69) is 36.5 Å². The number of benzene rings is 2. The van der Waals surface area contributed by atoms with Crippen LogP contribution < -0.4 is 5.32 Å². The van der Waals surface area contributed by atoms with Gasteiger partial charge >= 0.3 is 6.03 Å². The van der Waals surface area contributed by atoms with Crippen molar-refractivity contribution in [2.75, 3.05) is 6.54 Å². The van der Waals surface area contributed by atoms with Crippen molar-refractivity contribution in [3.05, 3.63) is 53.9 Å². The molecule has 0 bridgehead atoms. The van der Waals surface area contributed by atoms with E-state index in [1.165, 1.54) is 11.1 Å². The van der Waals surface area contributed by atoms with Crippen molar-refractivity contribution in [1.29, 1.82) is 0 Å². The molecule has 2 heterocycles. The van der Waals surface area contributed by atoms with Gasteiger partial charge in [0.25, 0.3) is 0 Å². The highest BCUT2D eigenvalue weighted by atomic mass is 16.4. The number of nitrogens with zero attached hydrogens (tertiary/aromatic N) is 2. The third-order valence-corrected chi connectivity index (χ3v) is 5.14. The average molecular weight is 377 g/mol. The highest BCUT2D eigenvalue weighted by molar-refractivity contribution is 5.81. The quantitative estimate of drug-likeness (QED) is 0.646. The van der Waals surface area contributed by atoms with Gasteiger partial charge in [0.1, 0.15) is 11.6 Å². The number of nitrogens with one attached hydrogen (secondary N) is 1. The van der Waals surface area contributed by atoms with Gasteiger partial charge in [-0.15, -0.1) is 0 Å². The molecular weight excluding hydrogens is 350 g/mol. The van der Waals surface area contributed by atoms with Crippen LogP contribution in [0.5, 0.6) is 0 Å². The number of carbonyl (C=O) groups excluding carboxylic acids is 1. The van der Waals surface area contributed by atoms with E-state index in [1.807, 2.05) is 43.9 Å². The molecule has 0 aliphatic carbocycles. The van der Waals surface area contributed by atoms with Gasteiger partial charge in [-0.05, 0) is 69.4 Å². The Bertz CT molecular complexity index is 1020. The van der Waals surface area contributed by atoms with Crippen molar-refractivity contribution in [2.24, 2.45) is 0 Å². The molecule has 5 nitrogen and oxygen atoms in total. The summed E-state index contributed by atoms with van der Waals surface area (Å²) in [5.74, 6) is 0.624. The summed E-state index contributed by atoms with van der Waals surface area (Å²) in [6.07, 6.45) is 1.82. The number of amides is 2. The predicted octanol–water partition coefficient (Wildman–Crippen LogP) is 5.45. The largest absolute Gasteiger partial charge is 0.438 e. The molecule has 1 aliphatic rings. The van der Waals surface area contributed by atoms with E-state index < -0.39 is 0 Å². The molecule has 1 fully saturated rings. The lowest BCUT2D eigenvalue weighted by atomic mass is 10.0. The normalized spacial score (nSPS) is 17.3. The van der Waals surface area contributed by atoms with Crippen molar-refractivity contribution >= 4 is 17.1 Å². The number of hydrogen-bond donors (Lipinski definition) is 1. The second-order valence-electron chi connectivity index (χ2n) is 8.58. The average Bonchev–Trinajstić information content (AvgIpc) is 3.26. The molecule has 2 aromatic carbocycles. The van der Waals surface area contributed by atoms with Crippen LogP contribution in [0.2, 0.25) is 0 Å². The first-order chi connectivity index (χ1) is 13.3. The van der Waals surface area contributed by atoms with E-state index in [0.29, 0.717) is 5.89 Å². The third kappa shape index (κ3) is 3.61. The fourth-order valence-electron chi connectivity index (χ4n) is 3.81. The van der Waals surface area contributed by atoms with Crippen LogP contribution in [0.3, 0.4) is 0 Å². The zero-order valence-corrected chi connectivity index (χ0v) is 17.0. The monoisotopic (exact) mass is 377 g/mol. The third-order valence-electron chi connectivity index (χ3n) is 5.14. The summed E-state index contributed by atoms with van der Waals surface area (Å²) < 4.78 is 6.05. The van der Waals surface area contributed by atoms with E-state index in [1.54, 1.807) is 0 Å². The Morgan fingerprint density at radius 3 is 2.75 bits per heavy atom. The van der Waals surface area contributed by atoms with Gasteiger partial charge in [-0.25, -0.2) is 9.78 Å². The SMILES string of the molecule is Cc1ccccc1-c1ccc2oc([C@@H]3CCCN3C(=O)NC(C)(C)C)nc2c1. The molecule has 2 amide bonds. The fraction of sp³-hybridized carbons (Fsp3) is 0.391. The van der Waals surface area contributed by atoms with Crippen molar-refractivity contribution < 1.29 is 9.21 Å². The maximum atomic E-state index is 12.7. The van der Waals surface area contributed by atoms with Gasteiger partial charge in [0.05, 0.1) is 0 Å². The Kier molecular flexibility index (Phi) is 4.61. The molecule has 0 unspecified atom stereocenters. The molecule has 1 aliphatic heterocycles. The van der Waals surface area contributed by atoms with Crippen LogP contribution in [0.25, 0.3) is 22.2 Å². The summed E-state index contributed by atoms with van der Waals surface area (Å²) in [6.45, 7) is 8.80. The summed E-state index contributed by atoms with van der Waals surface area (Å²) >= 11 is 0. The zero-order valence-electron chi connectivity index (χ0n) is 17.0. The first-order valence-electron chi connectivity index (χ1n) is 9.87. The van der Waals surface area contributed by atoms with Gasteiger partial charge in [0.2, 0.25) is 5.89 Å². The first-order valence-corrected chi connectivity index (χ1v) is 9.87. The molecule has 1 atom stereocenters. The predicted molar refractivity (Wildman–Crippen MR) is 111 cm³/mol. The number of oxazole rings is 1. The molecule has 146 valence electrons. The maximum absolute atomic E-state index is 12.7. The van der Waals surface area contributed by atoms with E-state index in [-0.39, 0.29) is 17.6 Å². The van der Waals surface area contributed by atoms with Crippen molar-refractivity contribution in [3.63, 3.8) is 0 Å². The maximum Gasteiger partial charge on any atom is 0.318 e. The molecule has 1 N–H and O–H groups in total. The minimum atomic E-state index is -0.270. The highest BCUT2D eigenvalue weighted by Crippen LogP contribution is 2.34. The molecule has 3 aromatic rings. The van der Waals surface area contributed by atoms with E-state index in [9.17, 15) is 4.79 Å². The molecular formula is C23H27N3O2. The smallest absolute Gasteiger partial charge is 0.318 e. The molecule has 4 rings (SSSR count). The van der Waals surface area contributed by atoms with E-state index >= 15 is 0 Å². The topological polar surface area (TPSA) is 58.4 Å². The van der Waals surface area contributed by atoms with Crippen LogP contribution in [-0.2, 0) is 0 Å². The summed E-state index contributed by atoms with van der Waals surface area (Å²) in [4.78, 5) is 19.3. The van der Waals surface area contributed by atoms with Gasteiger partial charge < -0.3 is 14.6 Å². The zero-order chi connectivity index (χ0) is 19.9. The number of hydrogen-bond acceptors (Lipinski definition) is 3. The van der Waals surface area contributed by atoms with Crippen molar-refractivity contribution in [3.8, 4) is 11.1 Å². The van der Waals surface area contributed by atoms with Crippen LogP contribution >= 0.6 is 0 Å². The Morgan fingerprint density at radius 1 is 1.21 bits per heavy atom. The summed E-state index contributed by atoms with van der Waals surface area (Å²) in [7, 11) is 0. The molecule has 0 radical (unpaired) electrons. The Labute approximate surface area is 165 Å². The van der Waals surface area contributed by atoms with Gasteiger partial charge in [-0.2, -0.15) is 0 Å². The number of likely N-dealkylation sites (tertiary alicyclic amines) is 1. The second kappa shape index (κ2) is 6.97. The van der Waals surface area contributed by atoms with E-state index in [0.717, 1.165) is 36.0 Å². The Balaban J connectivity index is 1.64. The van der Waals surface area contributed by atoms with Crippen LogP contribution in [-0.4, -0.2) is 28.0 Å². The van der Waals surface area contributed by atoms with Gasteiger partial charge in [0.15, 0.2) is 5.58 Å². The standard InChI is InChI=1S/C23H27N3O2/c1-15-8-5-6-9-17(15)16-11-12-20-18(14-16)24-21(28-20)19-10-7-13-26(19)22(27)25-23(2,3)4/h5-6,8-9,11-12,14,19H,7,10,13H2,1-4H3,(H,25,27)/t19-/m0/s1. The minimum Gasteiger partial charge on any atom is -0.438 e. The molecule has 1 aromatic heterocycles. The van der Waals surface area contributed by atoms with E-state index in [4.69, 9.17) is 9.40 Å². The highest BCUT2D eigenvalue weighted by Gasteiger charge is 2.34. The van der Waals surface area contributed by atoms with Crippen LogP contribution in [0, 0.1) is 6.92 Å². The van der Waals surface area contributed by atoms with Crippen molar-refractivity contribution in [2.45, 2.75) is 52.1 Å². The molecule has 0 saturated carbocycles. The lowest BCUT2D eigenvalue weighted by molar-refractivity contribution is 0.176. The van der Waals surface area contributed by atoms with Crippen molar-refractivity contribution in [1.82, 2.24) is 15.2 Å². The number of rotatable bonds is 2. The Morgan fingerprint density at radius 2 is 2.00 bits per heavy atom. The fourth-order valence-corrected chi connectivity index (χ4v) is 3.81. The first kappa shape index (κ1) is 18.5. The van der Waals surface area contributed by atoms with Crippen LogP contribution in [0.1, 0.15) is 51.1 Å². The number of fused-ring (bicyclic) bond motifs is 1. The lowest BCUT2D eigenvalue weighted by Crippen LogP contribution is -2.48. The summed E-state index contributed by atoms with van der Waals surface area (Å²) in [5.41, 5.74) is 4.87. The van der Waals surface area contributed by atoms with Gasteiger partial charge in [-0.3, -0.25) is 0 Å². The molecule has 5 heteroatoms. The Hall–Kier alpha value is -2.82. The lowest BCUT2D eigenvalue weighted by Gasteiger charge is -2.28. The molecule has 28 heavy (non-hydrogen) atoms. The summed E-state index contributed by atoms with van der Waals surface area (Å²) in [5, 5.41) is 3.05. The number of aryl methyl sites for hydroxylation is 1. The molecule has 1 saturated heterocycles. The number of carbonyl (C=O) groups is 1. The van der Waals surface area contributed by atoms with Crippen LogP contribution in [0.4, 0.5) is 4.79 Å². The number of urea groups is 1. The summed E-state index contributed by atoms with van der Waals surface area (Å²) in [6, 6.07) is 14.3. The second-order valence-corrected chi connectivity index (χ2v) is 8.58. The van der Waals surface area contributed by atoms with Crippen LogP contribution in [0.15, 0.2) is 46.9 Å². The number of aromatic nitrogens is 1. The van der Waals surface area contributed by atoms with Gasteiger partial charge in [0, 0.05) is 12.1 Å². The van der Waals surface area contributed by atoms with Gasteiger partial charge in [-0.1, -0.05) is 30.3 Å². The minimum absolute atomic E-state index is 0.0575. The molecule has 0 spiro atoms.